The molecule has 0 atom stereocenters. The van der Waals surface area contributed by atoms with Gasteiger partial charge in [0.25, 0.3) is 0 Å². The molecule has 0 radical (unpaired) electrons. The number of carbonyl (C=O) groups is 1. The van der Waals surface area contributed by atoms with Crippen molar-refractivity contribution in [3.05, 3.63) is 65.0 Å². The Balaban J connectivity index is 1.65. The summed E-state index contributed by atoms with van der Waals surface area (Å²) in [4.78, 5) is 16.7. The van der Waals surface area contributed by atoms with Gasteiger partial charge in [-0.25, -0.2) is 4.98 Å². The lowest BCUT2D eigenvalue weighted by Crippen LogP contribution is -2.24. The summed E-state index contributed by atoms with van der Waals surface area (Å²) < 4.78 is 5.71. The van der Waals surface area contributed by atoms with Crippen molar-refractivity contribution in [2.75, 3.05) is 0 Å². The average molecular weight is 351 g/mol. The van der Waals surface area contributed by atoms with Gasteiger partial charge in [0, 0.05) is 13.1 Å². The van der Waals surface area contributed by atoms with E-state index in [0.29, 0.717) is 24.6 Å². The molecule has 1 heterocycles. The van der Waals surface area contributed by atoms with Gasteiger partial charge in [0.05, 0.1) is 0 Å². The zero-order valence-electron chi connectivity index (χ0n) is 15.5. The number of nitrogens with zero attached hydrogens (tertiary/aromatic N) is 1. The highest BCUT2D eigenvalue weighted by molar-refractivity contribution is 5.79. The van der Waals surface area contributed by atoms with E-state index >= 15 is 0 Å². The molecule has 5 heteroatoms. The first kappa shape index (κ1) is 18.1. The fourth-order valence-electron chi connectivity index (χ4n) is 2.78. The van der Waals surface area contributed by atoms with E-state index in [1.54, 1.807) is 0 Å². The summed E-state index contributed by atoms with van der Waals surface area (Å²) >= 11 is 0. The number of carbonyl (C=O) groups excluding carboxylic acids is 1. The predicted molar refractivity (Wildman–Crippen MR) is 103 cm³/mol. The topological polar surface area (TPSA) is 81.2 Å². The number of hydrogen-bond donors (Lipinski definition) is 2. The van der Waals surface area contributed by atoms with Gasteiger partial charge in [-0.1, -0.05) is 51.1 Å². The van der Waals surface area contributed by atoms with Crippen molar-refractivity contribution in [2.45, 2.75) is 45.7 Å². The zero-order valence-corrected chi connectivity index (χ0v) is 15.5. The lowest BCUT2D eigenvalue weighted by Gasteiger charge is -2.18. The molecule has 0 saturated carbocycles. The molecule has 26 heavy (non-hydrogen) atoms. The fraction of sp³-hybridized carbons (Fsp3) is 0.333. The monoisotopic (exact) mass is 351 g/mol. The first-order valence-corrected chi connectivity index (χ1v) is 8.80. The molecule has 0 saturated heterocycles. The van der Waals surface area contributed by atoms with Crippen LogP contribution in [-0.2, 0) is 29.7 Å². The lowest BCUT2D eigenvalue weighted by molar-refractivity contribution is -0.120. The third-order valence-electron chi connectivity index (χ3n) is 4.33. The van der Waals surface area contributed by atoms with Gasteiger partial charge < -0.3 is 15.5 Å². The molecule has 0 aliphatic carbocycles. The van der Waals surface area contributed by atoms with Crippen molar-refractivity contribution in [1.82, 2.24) is 10.3 Å². The van der Waals surface area contributed by atoms with Gasteiger partial charge in [-0.05, 0) is 34.2 Å². The summed E-state index contributed by atoms with van der Waals surface area (Å²) in [5, 5.41) is 2.90. The third kappa shape index (κ3) is 4.29. The fourth-order valence-corrected chi connectivity index (χ4v) is 2.78. The molecular weight excluding hydrogens is 326 g/mol. The number of hydrogen-bond acceptors (Lipinski definition) is 4. The molecule has 1 amide bonds. The van der Waals surface area contributed by atoms with E-state index in [1.807, 2.05) is 42.5 Å². The van der Waals surface area contributed by atoms with Gasteiger partial charge in [-0.15, -0.1) is 0 Å². The highest BCUT2D eigenvalue weighted by Gasteiger charge is 2.16. The summed E-state index contributed by atoms with van der Waals surface area (Å²) in [7, 11) is 0. The molecule has 3 rings (SSSR count). The number of nitrogens with two attached hydrogens (primary N) is 1. The van der Waals surface area contributed by atoms with Crippen LogP contribution in [0.1, 0.15) is 43.4 Å². The molecule has 1 aromatic heterocycles. The quantitative estimate of drug-likeness (QED) is 0.738. The number of oxazole rings is 1. The molecule has 0 spiro atoms. The number of fused-ring (bicyclic) bond motifs is 1. The van der Waals surface area contributed by atoms with Crippen LogP contribution in [0.4, 0.5) is 0 Å². The van der Waals surface area contributed by atoms with E-state index < -0.39 is 0 Å². The van der Waals surface area contributed by atoms with Gasteiger partial charge in [0.2, 0.25) is 11.8 Å². The smallest absolute Gasteiger partial charge is 0.229 e. The number of aromatic nitrogens is 1. The van der Waals surface area contributed by atoms with Crippen LogP contribution >= 0.6 is 0 Å². The van der Waals surface area contributed by atoms with Gasteiger partial charge >= 0.3 is 0 Å². The Morgan fingerprint density at radius 1 is 1.15 bits per heavy atom. The Hall–Kier alpha value is -2.66. The predicted octanol–water partition coefficient (Wildman–Crippen LogP) is 3.44. The summed E-state index contributed by atoms with van der Waals surface area (Å²) in [6.07, 6.45) is 0.121. The Bertz CT molecular complexity index is 922. The van der Waals surface area contributed by atoms with Crippen LogP contribution < -0.4 is 11.1 Å². The van der Waals surface area contributed by atoms with Crippen LogP contribution in [0, 0.1) is 0 Å². The van der Waals surface area contributed by atoms with E-state index in [-0.39, 0.29) is 17.7 Å². The first-order valence-electron chi connectivity index (χ1n) is 8.80. The van der Waals surface area contributed by atoms with Crippen LogP contribution in [0.5, 0.6) is 0 Å². The molecule has 0 aliphatic heterocycles. The minimum absolute atomic E-state index is 0.0444. The van der Waals surface area contributed by atoms with Crippen LogP contribution in [0.15, 0.2) is 46.9 Å². The van der Waals surface area contributed by atoms with Crippen LogP contribution in [0.25, 0.3) is 11.1 Å². The van der Waals surface area contributed by atoms with Gasteiger partial charge in [0.15, 0.2) is 5.58 Å². The molecule has 0 fully saturated rings. The first-order chi connectivity index (χ1) is 12.3. The van der Waals surface area contributed by atoms with Crippen molar-refractivity contribution in [1.29, 1.82) is 0 Å². The standard InChI is InChI=1S/C21H25N3O2/c1-21(2,3)16-7-8-18-17(10-16)24-20(26-18)11-19(25)23-13-15-6-4-5-14(9-15)12-22/h4-10H,11-13,22H2,1-3H3,(H,23,25). The minimum atomic E-state index is -0.120. The van der Waals surface area contributed by atoms with E-state index in [1.165, 1.54) is 5.56 Å². The second-order valence-electron chi connectivity index (χ2n) is 7.52. The van der Waals surface area contributed by atoms with Crippen LogP contribution in [0.3, 0.4) is 0 Å². The Morgan fingerprint density at radius 2 is 1.92 bits per heavy atom. The Kier molecular flexibility index (Phi) is 5.09. The third-order valence-corrected chi connectivity index (χ3v) is 4.33. The molecule has 3 N–H and O–H groups in total. The summed E-state index contributed by atoms with van der Waals surface area (Å²) in [5.74, 6) is 0.310. The number of nitrogens with one attached hydrogen (secondary N) is 1. The summed E-state index contributed by atoms with van der Waals surface area (Å²) in [5.41, 5.74) is 10.4. The molecule has 5 nitrogen and oxygen atoms in total. The Labute approximate surface area is 153 Å². The molecule has 2 aromatic carbocycles. The SMILES string of the molecule is CC(C)(C)c1ccc2oc(CC(=O)NCc3cccc(CN)c3)nc2c1. The van der Waals surface area contributed by atoms with Gasteiger partial charge in [-0.3, -0.25) is 4.79 Å². The van der Waals surface area contributed by atoms with Crippen molar-refractivity contribution in [3.63, 3.8) is 0 Å². The van der Waals surface area contributed by atoms with Crippen molar-refractivity contribution < 1.29 is 9.21 Å². The Morgan fingerprint density at radius 3 is 2.65 bits per heavy atom. The molecular formula is C21H25N3O2. The maximum Gasteiger partial charge on any atom is 0.229 e. The highest BCUT2D eigenvalue weighted by Crippen LogP contribution is 2.26. The maximum atomic E-state index is 12.2. The second-order valence-corrected chi connectivity index (χ2v) is 7.52. The molecule has 0 aliphatic rings. The normalized spacial score (nSPS) is 11.7. The lowest BCUT2D eigenvalue weighted by atomic mass is 9.87. The second kappa shape index (κ2) is 7.30. The van der Waals surface area contributed by atoms with Gasteiger partial charge in [-0.2, -0.15) is 0 Å². The maximum absolute atomic E-state index is 12.2. The minimum Gasteiger partial charge on any atom is -0.440 e. The zero-order chi connectivity index (χ0) is 18.7. The van der Waals surface area contributed by atoms with E-state index in [9.17, 15) is 4.79 Å². The van der Waals surface area contributed by atoms with E-state index in [2.05, 4.69) is 31.1 Å². The van der Waals surface area contributed by atoms with Crippen molar-refractivity contribution in [2.24, 2.45) is 5.73 Å². The van der Waals surface area contributed by atoms with Crippen LogP contribution in [0.2, 0.25) is 0 Å². The number of amides is 1. The van der Waals surface area contributed by atoms with Gasteiger partial charge in [0.1, 0.15) is 11.9 Å². The van der Waals surface area contributed by atoms with Crippen LogP contribution in [-0.4, -0.2) is 10.9 Å². The molecule has 0 bridgehead atoms. The van der Waals surface area contributed by atoms with Crippen molar-refractivity contribution in [3.8, 4) is 0 Å². The summed E-state index contributed by atoms with van der Waals surface area (Å²) in [6.45, 7) is 7.41. The van der Waals surface area contributed by atoms with Crippen molar-refractivity contribution >= 4 is 17.0 Å². The summed E-state index contributed by atoms with van der Waals surface area (Å²) in [6, 6.07) is 13.9. The number of rotatable bonds is 5. The molecule has 0 unspecified atom stereocenters. The average Bonchev–Trinajstić information content (AvgIpc) is 3.00. The molecule has 136 valence electrons. The highest BCUT2D eigenvalue weighted by atomic mass is 16.3. The largest absolute Gasteiger partial charge is 0.440 e. The molecule has 3 aromatic rings. The van der Waals surface area contributed by atoms with E-state index in [0.717, 1.165) is 16.6 Å². The van der Waals surface area contributed by atoms with E-state index in [4.69, 9.17) is 10.2 Å². The number of benzene rings is 2.